The molecule has 15 heavy (non-hydrogen) atoms. The molecule has 1 nitrogen and oxygen atoms in total. The monoisotopic (exact) mass is 238 g/mol. The van der Waals surface area contributed by atoms with Gasteiger partial charge in [-0.1, -0.05) is 71.9 Å². The molecule has 0 aliphatic carbocycles. The zero-order valence-electron chi connectivity index (χ0n) is 8.10. The molecular formula is C12H12ClOP. The van der Waals surface area contributed by atoms with Gasteiger partial charge >= 0.3 is 0 Å². The van der Waals surface area contributed by atoms with Crippen LogP contribution in [0.2, 0.25) is 0 Å². The van der Waals surface area contributed by atoms with Crippen molar-refractivity contribution in [1.29, 1.82) is 0 Å². The Morgan fingerprint density at radius 2 is 1.00 bits per heavy atom. The minimum atomic E-state index is -0.444. The summed E-state index contributed by atoms with van der Waals surface area (Å²) in [6.07, 6.45) is 0. The molecule has 0 aliphatic rings. The molecule has 1 unspecified atom stereocenters. The van der Waals surface area contributed by atoms with Crippen molar-refractivity contribution in [2.75, 3.05) is 0 Å². The third kappa shape index (κ3) is 4.44. The van der Waals surface area contributed by atoms with Crippen molar-refractivity contribution in [3.8, 4) is 11.1 Å². The molecule has 0 spiro atoms. The summed E-state index contributed by atoms with van der Waals surface area (Å²) < 4.78 is 0. The molecule has 3 heteroatoms. The van der Waals surface area contributed by atoms with E-state index in [9.17, 15) is 0 Å². The van der Waals surface area contributed by atoms with E-state index in [0.29, 0.717) is 0 Å². The summed E-state index contributed by atoms with van der Waals surface area (Å²) in [6.45, 7) is 0. The highest BCUT2D eigenvalue weighted by Crippen LogP contribution is 2.17. The Kier molecular flexibility index (Phi) is 6.03. The van der Waals surface area contributed by atoms with Crippen molar-refractivity contribution in [3.05, 3.63) is 60.7 Å². The van der Waals surface area contributed by atoms with Crippen molar-refractivity contribution in [1.82, 2.24) is 0 Å². The smallest absolute Gasteiger partial charge is 0.106 e. The number of hydrogen-bond donors (Lipinski definition) is 1. The molecule has 0 bridgehead atoms. The standard InChI is InChI=1S/C12H10.ClH2OP/c1-3-7-11(8-4-1)12-9-5-2-6-10-12;1-3-2/h1-10H;2-3H. The second kappa shape index (κ2) is 7.42. The summed E-state index contributed by atoms with van der Waals surface area (Å²) in [7, 11) is -0.444. The van der Waals surface area contributed by atoms with Crippen LogP contribution in [0, 0.1) is 0 Å². The Balaban J connectivity index is 0.000000337. The summed E-state index contributed by atoms with van der Waals surface area (Å²) in [6, 6.07) is 20.8. The highest BCUT2D eigenvalue weighted by atomic mass is 35.7. The third-order valence-corrected chi connectivity index (χ3v) is 1.88. The highest BCUT2D eigenvalue weighted by molar-refractivity contribution is 7.63. The topological polar surface area (TPSA) is 20.2 Å². The van der Waals surface area contributed by atoms with Crippen LogP contribution >= 0.6 is 19.4 Å². The van der Waals surface area contributed by atoms with Gasteiger partial charge < -0.3 is 4.89 Å². The van der Waals surface area contributed by atoms with Crippen LogP contribution in [0.3, 0.4) is 0 Å². The van der Waals surface area contributed by atoms with Gasteiger partial charge in [0.05, 0.1) is 0 Å². The molecule has 78 valence electrons. The van der Waals surface area contributed by atoms with Crippen LogP contribution in [-0.2, 0) is 0 Å². The van der Waals surface area contributed by atoms with Gasteiger partial charge in [0, 0.05) is 0 Å². The van der Waals surface area contributed by atoms with E-state index in [-0.39, 0.29) is 0 Å². The van der Waals surface area contributed by atoms with E-state index in [1.54, 1.807) is 0 Å². The fraction of sp³-hybridized carbons (Fsp3) is 0. The Morgan fingerprint density at radius 3 is 1.27 bits per heavy atom. The maximum atomic E-state index is 7.36. The Bertz CT molecular complexity index is 326. The fourth-order valence-corrected chi connectivity index (χ4v) is 1.26. The predicted molar refractivity (Wildman–Crippen MR) is 68.3 cm³/mol. The van der Waals surface area contributed by atoms with Crippen LogP contribution < -0.4 is 0 Å². The van der Waals surface area contributed by atoms with Crippen LogP contribution in [0.15, 0.2) is 60.7 Å². The van der Waals surface area contributed by atoms with Gasteiger partial charge in [0.2, 0.25) is 0 Å². The lowest BCUT2D eigenvalue weighted by Gasteiger charge is -1.98. The minimum Gasteiger partial charge on any atom is -0.361 e. The zero-order valence-corrected chi connectivity index (χ0v) is 9.85. The lowest BCUT2D eigenvalue weighted by atomic mass is 10.1. The van der Waals surface area contributed by atoms with Gasteiger partial charge in [0.25, 0.3) is 0 Å². The van der Waals surface area contributed by atoms with Gasteiger partial charge in [-0.2, -0.15) is 0 Å². The van der Waals surface area contributed by atoms with E-state index < -0.39 is 8.16 Å². The molecule has 0 fully saturated rings. The van der Waals surface area contributed by atoms with Crippen molar-refractivity contribution in [2.45, 2.75) is 0 Å². The molecular weight excluding hydrogens is 227 g/mol. The van der Waals surface area contributed by atoms with Gasteiger partial charge in [-0.25, -0.2) is 0 Å². The molecule has 2 aromatic rings. The number of rotatable bonds is 1. The first-order valence-corrected chi connectivity index (χ1v) is 6.44. The minimum absolute atomic E-state index is 0.444. The molecule has 0 saturated heterocycles. The summed E-state index contributed by atoms with van der Waals surface area (Å²) in [5.74, 6) is 0. The number of benzene rings is 2. The molecule has 1 atom stereocenters. The molecule has 2 aromatic carbocycles. The first-order chi connectivity index (χ1) is 7.38. The number of hydrogen-bond acceptors (Lipinski definition) is 1. The van der Waals surface area contributed by atoms with Gasteiger partial charge in [-0.15, -0.1) is 0 Å². The van der Waals surface area contributed by atoms with E-state index in [1.807, 2.05) is 12.1 Å². The van der Waals surface area contributed by atoms with E-state index in [1.165, 1.54) is 11.1 Å². The van der Waals surface area contributed by atoms with Crippen LogP contribution in [0.25, 0.3) is 11.1 Å². The first-order valence-electron chi connectivity index (χ1n) is 4.48. The SMILES string of the molecule is OPCl.c1ccc(-c2ccccc2)cc1. The van der Waals surface area contributed by atoms with Crippen LogP contribution in [-0.4, -0.2) is 4.89 Å². The second-order valence-corrected chi connectivity index (χ2v) is 3.49. The Morgan fingerprint density at radius 1 is 0.733 bits per heavy atom. The van der Waals surface area contributed by atoms with Crippen LogP contribution in [0.4, 0.5) is 0 Å². The van der Waals surface area contributed by atoms with Gasteiger partial charge in [-0.05, 0) is 11.1 Å². The quantitative estimate of drug-likeness (QED) is 0.743. The van der Waals surface area contributed by atoms with Crippen molar-refractivity contribution in [3.63, 3.8) is 0 Å². The van der Waals surface area contributed by atoms with E-state index in [4.69, 9.17) is 4.89 Å². The third-order valence-electron chi connectivity index (χ3n) is 1.88. The van der Waals surface area contributed by atoms with Gasteiger partial charge in [0.1, 0.15) is 8.16 Å². The highest BCUT2D eigenvalue weighted by Gasteiger charge is 1.91. The fourth-order valence-electron chi connectivity index (χ4n) is 1.26. The zero-order chi connectivity index (χ0) is 10.9. The predicted octanol–water partition coefficient (Wildman–Crippen LogP) is 4.08. The lowest BCUT2D eigenvalue weighted by Crippen LogP contribution is -1.73. The summed E-state index contributed by atoms with van der Waals surface area (Å²) >= 11 is 4.58. The second-order valence-electron chi connectivity index (χ2n) is 2.82. The normalized spacial score (nSPS) is 9.73. The summed E-state index contributed by atoms with van der Waals surface area (Å²) in [4.78, 5) is 7.36. The van der Waals surface area contributed by atoms with E-state index >= 15 is 0 Å². The average Bonchev–Trinajstić information content (AvgIpc) is 2.32. The maximum absolute atomic E-state index is 7.36. The summed E-state index contributed by atoms with van der Waals surface area (Å²) in [5.41, 5.74) is 2.55. The Labute approximate surface area is 96.4 Å². The first kappa shape index (κ1) is 12.2. The number of halogens is 1. The molecule has 0 amide bonds. The average molecular weight is 239 g/mol. The van der Waals surface area contributed by atoms with Crippen LogP contribution in [0.5, 0.6) is 0 Å². The molecule has 1 N–H and O–H groups in total. The van der Waals surface area contributed by atoms with Crippen molar-refractivity contribution >= 4 is 19.4 Å². The summed E-state index contributed by atoms with van der Waals surface area (Å²) in [5, 5.41) is 0. The molecule has 0 heterocycles. The Hall–Kier alpha value is -0.880. The maximum Gasteiger partial charge on any atom is 0.106 e. The molecule has 0 aliphatic heterocycles. The molecule has 0 aromatic heterocycles. The van der Waals surface area contributed by atoms with E-state index in [2.05, 4.69) is 59.8 Å². The lowest BCUT2D eigenvalue weighted by molar-refractivity contribution is 0.659. The van der Waals surface area contributed by atoms with Gasteiger partial charge in [-0.3, -0.25) is 0 Å². The van der Waals surface area contributed by atoms with Crippen molar-refractivity contribution < 1.29 is 4.89 Å². The molecule has 0 saturated carbocycles. The van der Waals surface area contributed by atoms with Gasteiger partial charge in [0.15, 0.2) is 0 Å². The molecule has 2 rings (SSSR count). The molecule has 0 radical (unpaired) electrons. The largest absolute Gasteiger partial charge is 0.361 e. The van der Waals surface area contributed by atoms with Crippen molar-refractivity contribution in [2.24, 2.45) is 0 Å². The van der Waals surface area contributed by atoms with Crippen LogP contribution in [0.1, 0.15) is 0 Å². The van der Waals surface area contributed by atoms with E-state index in [0.717, 1.165) is 0 Å².